The van der Waals surface area contributed by atoms with E-state index in [1.165, 1.54) is 126 Å². The second kappa shape index (κ2) is 17.1. The molecule has 0 aliphatic heterocycles. The second-order valence-electron chi connectivity index (χ2n) is 10.2. The van der Waals surface area contributed by atoms with Crippen molar-refractivity contribution in [3.05, 3.63) is 42.5 Å². The van der Waals surface area contributed by atoms with E-state index in [0.29, 0.717) is 0 Å². The lowest BCUT2D eigenvalue weighted by molar-refractivity contribution is 0.383. The number of rotatable bonds is 18. The minimum Gasteiger partial charge on any atom is -0.870 e. The Morgan fingerprint density at radius 2 is 0.969 bits per heavy atom. The minimum atomic E-state index is 0. The van der Waals surface area contributed by atoms with Crippen LogP contribution in [0, 0.1) is 0 Å². The molecule has 0 spiro atoms. The van der Waals surface area contributed by atoms with E-state index >= 15 is 0 Å². The molecule has 2 nitrogen and oxygen atoms in total. The summed E-state index contributed by atoms with van der Waals surface area (Å²) in [4.78, 5) is 0. The molecule has 0 saturated carbocycles. The number of quaternary nitrogens is 1. The molecule has 2 heteroatoms. The SMILES string of the molecule is CCCCCCCCCCCCCCCCCC[N+](C)(C)c1cccc2ccccc12.[OH-]. The number of benzene rings is 2. The molecular formula is C30H51NO. The predicted octanol–water partition coefficient (Wildman–Crippen LogP) is 9.49. The van der Waals surface area contributed by atoms with E-state index in [0.717, 1.165) is 4.48 Å². The van der Waals surface area contributed by atoms with Crippen molar-refractivity contribution in [1.82, 2.24) is 4.48 Å². The van der Waals surface area contributed by atoms with Crippen LogP contribution in [-0.2, 0) is 0 Å². The molecule has 0 saturated heterocycles. The summed E-state index contributed by atoms with van der Waals surface area (Å²) in [5.74, 6) is 0. The van der Waals surface area contributed by atoms with Gasteiger partial charge >= 0.3 is 0 Å². The molecule has 32 heavy (non-hydrogen) atoms. The van der Waals surface area contributed by atoms with Crippen molar-refractivity contribution in [2.45, 2.75) is 110 Å². The fourth-order valence-corrected chi connectivity index (χ4v) is 4.91. The van der Waals surface area contributed by atoms with Crippen LogP contribution in [0.1, 0.15) is 110 Å². The van der Waals surface area contributed by atoms with Crippen molar-refractivity contribution >= 4 is 16.5 Å². The Morgan fingerprint density at radius 1 is 0.531 bits per heavy atom. The molecule has 2 aromatic rings. The zero-order chi connectivity index (χ0) is 22.2. The maximum Gasteiger partial charge on any atom is 0.140 e. The van der Waals surface area contributed by atoms with E-state index in [1.807, 2.05) is 0 Å². The summed E-state index contributed by atoms with van der Waals surface area (Å²) in [7, 11) is 4.74. The average Bonchev–Trinajstić information content (AvgIpc) is 2.78. The second-order valence-corrected chi connectivity index (χ2v) is 10.2. The summed E-state index contributed by atoms with van der Waals surface area (Å²) in [6.45, 7) is 3.53. The lowest BCUT2D eigenvalue weighted by atomic mass is 10.0. The predicted molar refractivity (Wildman–Crippen MR) is 144 cm³/mol. The van der Waals surface area contributed by atoms with Crippen molar-refractivity contribution in [2.24, 2.45) is 0 Å². The first-order valence-corrected chi connectivity index (χ1v) is 13.5. The maximum absolute atomic E-state index is 2.37. The van der Waals surface area contributed by atoms with Crippen molar-refractivity contribution < 1.29 is 5.48 Å². The molecule has 1 N–H and O–H groups in total. The summed E-state index contributed by atoms with van der Waals surface area (Å²) in [5.41, 5.74) is 1.46. The Kier molecular flexibility index (Phi) is 15.3. The molecule has 0 fully saturated rings. The van der Waals surface area contributed by atoms with Gasteiger partial charge in [-0.2, -0.15) is 0 Å². The topological polar surface area (TPSA) is 30.0 Å². The van der Waals surface area contributed by atoms with Crippen LogP contribution in [0.3, 0.4) is 0 Å². The molecule has 2 rings (SSSR count). The fraction of sp³-hybridized carbons (Fsp3) is 0.667. The molecule has 0 aromatic heterocycles. The van der Waals surface area contributed by atoms with Gasteiger partial charge in [-0.1, -0.05) is 127 Å². The lowest BCUT2D eigenvalue weighted by Crippen LogP contribution is -2.41. The zero-order valence-electron chi connectivity index (χ0n) is 21.5. The van der Waals surface area contributed by atoms with Crippen LogP contribution < -0.4 is 4.48 Å². The standard InChI is InChI=1S/C30H50N.H2O/c1-4-5-6-7-8-9-10-11-12-13-14-15-16-17-18-21-27-31(2,3)30-26-22-24-28-23-19-20-25-29(28)30;/h19-20,22-26H,4-18,21,27H2,1-3H3;1H2/q+1;/p-1. The van der Waals surface area contributed by atoms with Crippen LogP contribution >= 0.6 is 0 Å². The highest BCUT2D eigenvalue weighted by molar-refractivity contribution is 5.93. The monoisotopic (exact) mass is 441 g/mol. The van der Waals surface area contributed by atoms with Gasteiger partial charge in [0.15, 0.2) is 0 Å². The van der Waals surface area contributed by atoms with Crippen molar-refractivity contribution in [2.75, 3.05) is 20.6 Å². The number of fused-ring (bicyclic) bond motifs is 1. The molecule has 0 bridgehead atoms. The Balaban J connectivity index is 0.00000512. The fourth-order valence-electron chi connectivity index (χ4n) is 4.91. The third-order valence-corrected chi connectivity index (χ3v) is 6.99. The van der Waals surface area contributed by atoms with Gasteiger partial charge in [-0.15, -0.1) is 0 Å². The van der Waals surface area contributed by atoms with E-state index in [-0.39, 0.29) is 5.48 Å². The third-order valence-electron chi connectivity index (χ3n) is 6.99. The molecule has 0 atom stereocenters. The van der Waals surface area contributed by atoms with Gasteiger partial charge in [-0.3, -0.25) is 4.48 Å². The van der Waals surface area contributed by atoms with Crippen LogP contribution in [0.2, 0.25) is 0 Å². The van der Waals surface area contributed by atoms with E-state index < -0.39 is 0 Å². The number of unbranched alkanes of at least 4 members (excludes halogenated alkanes) is 15. The zero-order valence-corrected chi connectivity index (χ0v) is 21.5. The molecule has 0 amide bonds. The van der Waals surface area contributed by atoms with Gasteiger partial charge in [-0.25, -0.2) is 0 Å². The molecule has 0 unspecified atom stereocenters. The van der Waals surface area contributed by atoms with Gasteiger partial charge in [0.2, 0.25) is 0 Å². The highest BCUT2D eigenvalue weighted by atomic mass is 16.0. The molecular weight excluding hydrogens is 390 g/mol. The van der Waals surface area contributed by atoms with Gasteiger partial charge in [0.05, 0.1) is 20.6 Å². The Morgan fingerprint density at radius 3 is 1.50 bits per heavy atom. The summed E-state index contributed by atoms with van der Waals surface area (Å²) in [6.07, 6.45) is 23.0. The van der Waals surface area contributed by atoms with Gasteiger partial charge in [0, 0.05) is 5.39 Å². The minimum absolute atomic E-state index is 0. The Bertz CT molecular complexity index is 704. The number of hydrogen-bond acceptors (Lipinski definition) is 1. The summed E-state index contributed by atoms with van der Waals surface area (Å²) < 4.78 is 0.986. The molecule has 182 valence electrons. The first-order valence-electron chi connectivity index (χ1n) is 13.5. The average molecular weight is 442 g/mol. The van der Waals surface area contributed by atoms with E-state index in [4.69, 9.17) is 0 Å². The molecule has 2 aromatic carbocycles. The number of hydrogen-bond donors (Lipinski definition) is 0. The van der Waals surface area contributed by atoms with Crippen molar-refractivity contribution in [3.8, 4) is 0 Å². The maximum atomic E-state index is 2.37. The smallest absolute Gasteiger partial charge is 0.140 e. The van der Waals surface area contributed by atoms with Gasteiger partial charge in [0.1, 0.15) is 5.69 Å². The van der Waals surface area contributed by atoms with Crippen LogP contribution in [0.25, 0.3) is 10.8 Å². The molecule has 0 aliphatic carbocycles. The number of nitrogens with zero attached hydrogens (tertiary/aromatic N) is 1. The van der Waals surface area contributed by atoms with Crippen LogP contribution in [0.15, 0.2) is 42.5 Å². The van der Waals surface area contributed by atoms with Crippen LogP contribution in [0.4, 0.5) is 5.69 Å². The van der Waals surface area contributed by atoms with Crippen molar-refractivity contribution in [3.63, 3.8) is 0 Å². The summed E-state index contributed by atoms with van der Waals surface area (Å²) in [6, 6.07) is 15.6. The van der Waals surface area contributed by atoms with Gasteiger partial charge in [0.25, 0.3) is 0 Å². The Labute approximate surface area is 199 Å². The Hall–Kier alpha value is -1.38. The summed E-state index contributed by atoms with van der Waals surface area (Å²) in [5, 5.41) is 2.77. The van der Waals surface area contributed by atoms with E-state index in [9.17, 15) is 0 Å². The van der Waals surface area contributed by atoms with E-state index in [2.05, 4.69) is 63.5 Å². The van der Waals surface area contributed by atoms with E-state index in [1.54, 1.807) is 0 Å². The molecule has 0 aliphatic rings. The van der Waals surface area contributed by atoms with Gasteiger partial charge in [-0.05, 0) is 30.4 Å². The summed E-state index contributed by atoms with van der Waals surface area (Å²) >= 11 is 0. The first-order chi connectivity index (χ1) is 15.1. The van der Waals surface area contributed by atoms with Crippen LogP contribution in [0.5, 0.6) is 0 Å². The lowest BCUT2D eigenvalue weighted by Gasteiger charge is -2.30. The van der Waals surface area contributed by atoms with Gasteiger partial charge < -0.3 is 5.48 Å². The molecule has 0 radical (unpaired) electrons. The van der Waals surface area contributed by atoms with Crippen LogP contribution in [-0.4, -0.2) is 26.1 Å². The highest BCUT2D eigenvalue weighted by Crippen LogP contribution is 2.30. The van der Waals surface area contributed by atoms with Crippen molar-refractivity contribution in [1.29, 1.82) is 0 Å². The largest absolute Gasteiger partial charge is 0.870 e. The molecule has 0 heterocycles. The first kappa shape index (κ1) is 28.7. The highest BCUT2D eigenvalue weighted by Gasteiger charge is 2.20. The quantitative estimate of drug-likeness (QED) is 0.167. The third kappa shape index (κ3) is 11.0. The normalized spacial score (nSPS) is 11.6.